The second-order valence-corrected chi connectivity index (χ2v) is 8.15. The van der Waals surface area contributed by atoms with Gasteiger partial charge in [-0.05, 0) is 53.4 Å². The van der Waals surface area contributed by atoms with Crippen molar-refractivity contribution in [3.05, 3.63) is 63.5 Å². The summed E-state index contributed by atoms with van der Waals surface area (Å²) in [4.78, 5) is 31.6. The topological polar surface area (TPSA) is 104 Å². The number of halogens is 2. The standard InChI is InChI=1S/C21H24FIN6O2/c1-2-28(8-7-26-21(31)14-5-6-25-19(22)11-14)9-10-29-17-4-3-15(23)12-16(17)27-13-18(29)20(24)30/h3-6,11-13,27H,2,7-10H2,1H3,(H2,24,30)(H,26,31). The Balaban J connectivity index is 1.58. The summed E-state index contributed by atoms with van der Waals surface area (Å²) in [6, 6.07) is 8.52. The van der Waals surface area contributed by atoms with Crippen molar-refractivity contribution >= 4 is 45.8 Å². The summed E-state index contributed by atoms with van der Waals surface area (Å²) in [6.45, 7) is 5.02. The van der Waals surface area contributed by atoms with Crippen LogP contribution in [0.25, 0.3) is 0 Å². The van der Waals surface area contributed by atoms with E-state index in [4.69, 9.17) is 5.73 Å². The third-order valence-corrected chi connectivity index (χ3v) is 5.62. The van der Waals surface area contributed by atoms with Crippen molar-refractivity contribution in [1.82, 2.24) is 15.2 Å². The van der Waals surface area contributed by atoms with E-state index in [2.05, 4.69) is 43.1 Å². The molecule has 31 heavy (non-hydrogen) atoms. The van der Waals surface area contributed by atoms with Gasteiger partial charge < -0.3 is 26.2 Å². The maximum Gasteiger partial charge on any atom is 0.266 e. The SMILES string of the molecule is CCN(CCNC(=O)c1ccnc(F)c1)CCN1C(C(N)=O)=CNc2cc(I)ccc21. The van der Waals surface area contributed by atoms with Crippen molar-refractivity contribution in [1.29, 1.82) is 0 Å². The lowest BCUT2D eigenvalue weighted by Crippen LogP contribution is -2.42. The van der Waals surface area contributed by atoms with Crippen molar-refractivity contribution in [3.8, 4) is 0 Å². The summed E-state index contributed by atoms with van der Waals surface area (Å²) in [5.74, 6) is -1.54. The van der Waals surface area contributed by atoms with Crippen molar-refractivity contribution in [2.24, 2.45) is 5.73 Å². The maximum absolute atomic E-state index is 13.2. The fourth-order valence-corrected chi connectivity index (χ4v) is 3.79. The number of pyridine rings is 1. The van der Waals surface area contributed by atoms with Crippen molar-refractivity contribution < 1.29 is 14.0 Å². The number of anilines is 2. The summed E-state index contributed by atoms with van der Waals surface area (Å²) in [6.07, 6.45) is 2.89. The first kappa shape index (κ1) is 22.9. The number of primary amides is 1. The van der Waals surface area contributed by atoms with Crippen LogP contribution in [0.2, 0.25) is 0 Å². The normalized spacial score (nSPS) is 12.8. The van der Waals surface area contributed by atoms with E-state index in [-0.39, 0.29) is 11.5 Å². The van der Waals surface area contributed by atoms with E-state index in [0.29, 0.717) is 31.9 Å². The molecule has 2 aromatic rings. The Morgan fingerprint density at radius 1 is 1.29 bits per heavy atom. The van der Waals surface area contributed by atoms with Gasteiger partial charge in [0.05, 0.1) is 11.4 Å². The van der Waals surface area contributed by atoms with Gasteiger partial charge in [-0.3, -0.25) is 9.59 Å². The molecule has 4 N–H and O–H groups in total. The van der Waals surface area contributed by atoms with Crippen LogP contribution in [0.15, 0.2) is 48.4 Å². The number of carbonyl (C=O) groups excluding carboxylic acids is 2. The first-order chi connectivity index (χ1) is 14.9. The summed E-state index contributed by atoms with van der Waals surface area (Å²) >= 11 is 2.24. The minimum Gasteiger partial charge on any atom is -0.364 e. The summed E-state index contributed by atoms with van der Waals surface area (Å²) in [7, 11) is 0. The van der Waals surface area contributed by atoms with E-state index in [0.717, 1.165) is 27.6 Å². The molecule has 0 bridgehead atoms. The second-order valence-electron chi connectivity index (χ2n) is 6.91. The van der Waals surface area contributed by atoms with E-state index >= 15 is 0 Å². The van der Waals surface area contributed by atoms with E-state index in [9.17, 15) is 14.0 Å². The molecule has 0 saturated heterocycles. The van der Waals surface area contributed by atoms with Gasteiger partial charge in [0.25, 0.3) is 11.8 Å². The van der Waals surface area contributed by atoms with Crippen LogP contribution in [0.5, 0.6) is 0 Å². The molecule has 0 radical (unpaired) electrons. The first-order valence-electron chi connectivity index (χ1n) is 9.84. The van der Waals surface area contributed by atoms with Gasteiger partial charge in [0.15, 0.2) is 0 Å². The number of aromatic nitrogens is 1. The largest absolute Gasteiger partial charge is 0.364 e. The van der Waals surface area contributed by atoms with Crippen LogP contribution >= 0.6 is 22.6 Å². The predicted octanol–water partition coefficient (Wildman–Crippen LogP) is 2.14. The highest BCUT2D eigenvalue weighted by Crippen LogP contribution is 2.33. The Kier molecular flexibility index (Phi) is 7.80. The highest BCUT2D eigenvalue weighted by Gasteiger charge is 2.24. The molecule has 1 aliphatic rings. The molecule has 0 unspecified atom stereocenters. The van der Waals surface area contributed by atoms with Gasteiger partial charge in [0.2, 0.25) is 5.95 Å². The predicted molar refractivity (Wildman–Crippen MR) is 126 cm³/mol. The number of hydrogen-bond acceptors (Lipinski definition) is 6. The van der Waals surface area contributed by atoms with E-state index in [1.54, 1.807) is 6.20 Å². The van der Waals surface area contributed by atoms with Gasteiger partial charge in [-0.2, -0.15) is 4.39 Å². The zero-order valence-electron chi connectivity index (χ0n) is 17.1. The first-order valence-corrected chi connectivity index (χ1v) is 10.9. The van der Waals surface area contributed by atoms with Crippen LogP contribution in [0.1, 0.15) is 17.3 Å². The molecule has 0 saturated carbocycles. The number of rotatable bonds is 9. The Bertz CT molecular complexity index is 1000. The van der Waals surface area contributed by atoms with Crippen LogP contribution < -0.4 is 21.3 Å². The zero-order valence-corrected chi connectivity index (χ0v) is 19.2. The molecule has 1 aromatic heterocycles. The van der Waals surface area contributed by atoms with Gasteiger partial charge in [0, 0.05) is 53.8 Å². The number of nitrogens with one attached hydrogen (secondary N) is 2. The molecule has 2 heterocycles. The minimum atomic E-state index is -0.688. The van der Waals surface area contributed by atoms with Crippen LogP contribution in [0, 0.1) is 9.52 Å². The van der Waals surface area contributed by atoms with Crippen molar-refractivity contribution in [2.75, 3.05) is 42.9 Å². The molecule has 8 nitrogen and oxygen atoms in total. The highest BCUT2D eigenvalue weighted by molar-refractivity contribution is 14.1. The molecule has 0 fully saturated rings. The quantitative estimate of drug-likeness (QED) is 0.334. The van der Waals surface area contributed by atoms with Gasteiger partial charge in [-0.1, -0.05) is 6.92 Å². The van der Waals surface area contributed by atoms with Gasteiger partial charge in [-0.25, -0.2) is 4.98 Å². The summed E-state index contributed by atoms with van der Waals surface area (Å²) in [5, 5.41) is 5.92. The smallest absolute Gasteiger partial charge is 0.266 e. The summed E-state index contributed by atoms with van der Waals surface area (Å²) < 4.78 is 14.3. The number of hydrogen-bond donors (Lipinski definition) is 3. The number of carbonyl (C=O) groups is 2. The third-order valence-electron chi connectivity index (χ3n) is 4.95. The molecule has 0 atom stereocenters. The third kappa shape index (κ3) is 5.91. The number of amides is 2. The Labute approximate surface area is 193 Å². The lowest BCUT2D eigenvalue weighted by atomic mass is 10.1. The van der Waals surface area contributed by atoms with Crippen LogP contribution in [0.3, 0.4) is 0 Å². The number of fused-ring (bicyclic) bond motifs is 1. The van der Waals surface area contributed by atoms with Gasteiger partial charge in [-0.15, -0.1) is 0 Å². The molecule has 0 aliphatic carbocycles. The molecular formula is C21H24FIN6O2. The Morgan fingerprint density at radius 3 is 2.81 bits per heavy atom. The average molecular weight is 538 g/mol. The van der Waals surface area contributed by atoms with Crippen LogP contribution in [0.4, 0.5) is 15.8 Å². The molecule has 1 aliphatic heterocycles. The number of nitrogens with two attached hydrogens (primary N) is 1. The Morgan fingerprint density at radius 2 is 2.10 bits per heavy atom. The van der Waals surface area contributed by atoms with Crippen molar-refractivity contribution in [3.63, 3.8) is 0 Å². The monoisotopic (exact) mass is 538 g/mol. The van der Waals surface area contributed by atoms with E-state index in [1.807, 2.05) is 30.0 Å². The fraction of sp³-hybridized carbons (Fsp3) is 0.286. The highest BCUT2D eigenvalue weighted by atomic mass is 127. The molecule has 3 rings (SSSR count). The van der Waals surface area contributed by atoms with Gasteiger partial charge >= 0.3 is 0 Å². The number of nitrogens with zero attached hydrogens (tertiary/aromatic N) is 3. The minimum absolute atomic E-state index is 0.235. The molecule has 164 valence electrons. The summed E-state index contributed by atoms with van der Waals surface area (Å²) in [5.41, 5.74) is 8.02. The van der Waals surface area contributed by atoms with E-state index < -0.39 is 11.9 Å². The van der Waals surface area contributed by atoms with E-state index in [1.165, 1.54) is 12.3 Å². The molecule has 1 aromatic carbocycles. The fourth-order valence-electron chi connectivity index (χ4n) is 3.30. The lowest BCUT2D eigenvalue weighted by molar-refractivity contribution is -0.114. The zero-order chi connectivity index (χ0) is 22.4. The second kappa shape index (κ2) is 10.5. The molecule has 10 heteroatoms. The molecular weight excluding hydrogens is 514 g/mol. The van der Waals surface area contributed by atoms with Crippen molar-refractivity contribution in [2.45, 2.75) is 6.92 Å². The number of likely N-dealkylation sites (N-methyl/N-ethyl adjacent to an activating group) is 1. The Hall–Kier alpha value is -2.73. The molecule has 0 spiro atoms. The number of benzene rings is 1. The molecule has 2 amide bonds. The maximum atomic E-state index is 13.2. The lowest BCUT2D eigenvalue weighted by Gasteiger charge is -2.33. The van der Waals surface area contributed by atoms with Gasteiger partial charge in [0.1, 0.15) is 5.70 Å². The van der Waals surface area contributed by atoms with Crippen LogP contribution in [-0.2, 0) is 4.79 Å². The average Bonchev–Trinajstić information content (AvgIpc) is 2.75. The van der Waals surface area contributed by atoms with Crippen LogP contribution in [-0.4, -0.2) is 54.4 Å².